The highest BCUT2D eigenvalue weighted by Gasteiger charge is 2.35. The van der Waals surface area contributed by atoms with Crippen molar-refractivity contribution in [1.82, 2.24) is 0 Å². The molecule has 0 amide bonds. The van der Waals surface area contributed by atoms with Crippen LogP contribution >= 0.6 is 34.8 Å². The predicted octanol–water partition coefficient (Wildman–Crippen LogP) is 1.56. The molecule has 0 heterocycles. The van der Waals surface area contributed by atoms with Gasteiger partial charge in [0.1, 0.15) is 0 Å². The van der Waals surface area contributed by atoms with Crippen LogP contribution in [0.1, 0.15) is 0 Å². The predicted molar refractivity (Wildman–Crippen MR) is 39.4 cm³/mol. The average molecular weight is 210 g/mol. The first-order valence-electron chi connectivity index (χ1n) is 1.89. The SMILES string of the molecule is [CH2]CS(=O)(=O)C(Cl)(Cl)Cl. The Morgan fingerprint density at radius 2 is 1.67 bits per heavy atom. The van der Waals surface area contributed by atoms with Gasteiger partial charge in [0.2, 0.25) is 0 Å². The zero-order valence-corrected chi connectivity index (χ0v) is 7.36. The van der Waals surface area contributed by atoms with E-state index in [1.165, 1.54) is 0 Å². The van der Waals surface area contributed by atoms with Crippen LogP contribution in [0.4, 0.5) is 0 Å². The summed E-state index contributed by atoms with van der Waals surface area (Å²) in [6, 6.07) is 0. The third-order valence-corrected chi connectivity index (χ3v) is 3.98. The number of sulfone groups is 1. The van der Waals surface area contributed by atoms with Gasteiger partial charge >= 0.3 is 0 Å². The highest BCUT2D eigenvalue weighted by Crippen LogP contribution is 2.32. The fraction of sp³-hybridized carbons (Fsp3) is 0.667. The van der Waals surface area contributed by atoms with Gasteiger partial charge in [-0.25, -0.2) is 8.42 Å². The lowest BCUT2D eigenvalue weighted by molar-refractivity contribution is 0.599. The zero-order valence-electron chi connectivity index (χ0n) is 4.27. The monoisotopic (exact) mass is 209 g/mol. The van der Waals surface area contributed by atoms with Crippen molar-refractivity contribution in [2.45, 2.75) is 3.12 Å². The Bertz CT molecular complexity index is 178. The van der Waals surface area contributed by atoms with Gasteiger partial charge in [0.25, 0.3) is 3.12 Å². The minimum absolute atomic E-state index is 0.413. The lowest BCUT2D eigenvalue weighted by atomic mass is 11.0. The van der Waals surface area contributed by atoms with E-state index in [-0.39, 0.29) is 0 Å². The quantitative estimate of drug-likeness (QED) is 0.616. The topological polar surface area (TPSA) is 34.1 Å². The maximum absolute atomic E-state index is 10.6. The second-order valence-electron chi connectivity index (χ2n) is 1.26. The van der Waals surface area contributed by atoms with Crippen LogP contribution in [0.3, 0.4) is 0 Å². The molecule has 0 aromatic rings. The molecule has 0 atom stereocenters. The van der Waals surface area contributed by atoms with Crippen LogP contribution in [0, 0.1) is 6.92 Å². The van der Waals surface area contributed by atoms with Crippen molar-refractivity contribution < 1.29 is 8.42 Å². The van der Waals surface area contributed by atoms with Gasteiger partial charge in [-0.05, 0) is 6.92 Å². The standard InChI is InChI=1S/C3H4Cl3O2S/c1-2-9(7,8)3(4,5)6/h1-2H2. The van der Waals surface area contributed by atoms with E-state index in [0.717, 1.165) is 0 Å². The van der Waals surface area contributed by atoms with Gasteiger partial charge in [0.05, 0.1) is 5.75 Å². The molecule has 0 rings (SSSR count). The Morgan fingerprint density at radius 3 is 1.67 bits per heavy atom. The first-order chi connectivity index (χ1) is 3.81. The first-order valence-corrected chi connectivity index (χ1v) is 4.68. The minimum atomic E-state index is -3.65. The fourth-order valence-electron chi connectivity index (χ4n) is 0.116. The molecule has 55 valence electrons. The molecule has 0 N–H and O–H groups in total. The molecule has 2 nitrogen and oxygen atoms in total. The summed E-state index contributed by atoms with van der Waals surface area (Å²) < 4.78 is 18.9. The molecule has 0 fully saturated rings. The zero-order chi connectivity index (χ0) is 7.71. The summed E-state index contributed by atoms with van der Waals surface area (Å²) in [6.07, 6.45) is 0. The van der Waals surface area contributed by atoms with Crippen LogP contribution < -0.4 is 0 Å². The third-order valence-electron chi connectivity index (χ3n) is 0.621. The molecule has 0 saturated heterocycles. The molecule has 0 aliphatic carbocycles. The van der Waals surface area contributed by atoms with Crippen LogP contribution in [0.15, 0.2) is 0 Å². The van der Waals surface area contributed by atoms with E-state index in [0.29, 0.717) is 0 Å². The molecule has 0 spiro atoms. The number of alkyl halides is 3. The van der Waals surface area contributed by atoms with Crippen molar-refractivity contribution in [2.75, 3.05) is 5.75 Å². The summed E-state index contributed by atoms with van der Waals surface area (Å²) in [5.41, 5.74) is 0. The van der Waals surface area contributed by atoms with Gasteiger partial charge in [-0.3, -0.25) is 0 Å². The fourth-order valence-corrected chi connectivity index (χ4v) is 1.04. The van der Waals surface area contributed by atoms with Gasteiger partial charge in [-0.1, -0.05) is 34.8 Å². The maximum Gasteiger partial charge on any atom is 0.292 e. The van der Waals surface area contributed by atoms with Gasteiger partial charge in [-0.2, -0.15) is 0 Å². The van der Waals surface area contributed by atoms with Gasteiger partial charge in [-0.15, -0.1) is 0 Å². The molecular weight excluding hydrogens is 206 g/mol. The summed E-state index contributed by atoms with van der Waals surface area (Å²) in [5.74, 6) is -0.413. The maximum atomic E-state index is 10.6. The molecule has 1 radical (unpaired) electrons. The van der Waals surface area contributed by atoms with E-state index in [4.69, 9.17) is 34.8 Å². The van der Waals surface area contributed by atoms with Gasteiger partial charge in [0.15, 0.2) is 9.84 Å². The van der Waals surface area contributed by atoms with Gasteiger partial charge < -0.3 is 0 Å². The van der Waals surface area contributed by atoms with Crippen LogP contribution in [0.25, 0.3) is 0 Å². The molecule has 9 heavy (non-hydrogen) atoms. The molecule has 0 aliphatic rings. The van der Waals surface area contributed by atoms with E-state index in [1.807, 2.05) is 0 Å². The third kappa shape index (κ3) is 2.50. The highest BCUT2D eigenvalue weighted by atomic mass is 35.6. The molecule has 0 aromatic heterocycles. The minimum Gasteiger partial charge on any atom is -0.224 e. The van der Waals surface area contributed by atoms with Crippen molar-refractivity contribution >= 4 is 44.6 Å². The Morgan fingerprint density at radius 1 is 1.33 bits per heavy atom. The summed E-state index contributed by atoms with van der Waals surface area (Å²) in [7, 11) is -3.65. The van der Waals surface area contributed by atoms with Crippen molar-refractivity contribution in [3.8, 4) is 0 Å². The molecule has 0 saturated carbocycles. The Kier molecular flexibility index (Phi) is 3.08. The number of halogens is 3. The largest absolute Gasteiger partial charge is 0.292 e. The normalized spacial score (nSPS) is 13.8. The van der Waals surface area contributed by atoms with Crippen LogP contribution in [0.5, 0.6) is 0 Å². The van der Waals surface area contributed by atoms with Crippen LogP contribution in [-0.4, -0.2) is 17.3 Å². The molecule has 0 bridgehead atoms. The number of hydrogen-bond donors (Lipinski definition) is 0. The van der Waals surface area contributed by atoms with E-state index in [2.05, 4.69) is 6.92 Å². The summed E-state index contributed by atoms with van der Waals surface area (Å²) in [6.45, 7) is 3.08. The second-order valence-corrected chi connectivity index (χ2v) is 6.47. The Balaban J connectivity index is 4.57. The van der Waals surface area contributed by atoms with Crippen molar-refractivity contribution in [3.05, 3.63) is 6.92 Å². The number of hydrogen-bond acceptors (Lipinski definition) is 2. The number of rotatable bonds is 1. The lowest BCUT2D eigenvalue weighted by Gasteiger charge is -2.08. The second kappa shape index (κ2) is 2.82. The Hall–Kier alpha value is 0.820. The summed E-state index contributed by atoms with van der Waals surface area (Å²) in [5, 5.41) is 0. The van der Waals surface area contributed by atoms with Gasteiger partial charge in [0, 0.05) is 0 Å². The van der Waals surface area contributed by atoms with E-state index < -0.39 is 18.7 Å². The van der Waals surface area contributed by atoms with E-state index in [9.17, 15) is 8.42 Å². The molecule has 0 unspecified atom stereocenters. The van der Waals surface area contributed by atoms with Crippen molar-refractivity contribution in [1.29, 1.82) is 0 Å². The molecule has 6 heteroatoms. The highest BCUT2D eigenvalue weighted by molar-refractivity contribution is 7.97. The first kappa shape index (κ1) is 9.82. The molecule has 0 aliphatic heterocycles. The molecule has 0 aromatic carbocycles. The lowest BCUT2D eigenvalue weighted by Crippen LogP contribution is -2.21. The van der Waals surface area contributed by atoms with Crippen molar-refractivity contribution in [2.24, 2.45) is 0 Å². The summed E-state index contributed by atoms with van der Waals surface area (Å²) >= 11 is 15.1. The average Bonchev–Trinajstić information content (AvgIpc) is 1.64. The van der Waals surface area contributed by atoms with Crippen molar-refractivity contribution in [3.63, 3.8) is 0 Å². The van der Waals surface area contributed by atoms with Crippen LogP contribution in [0.2, 0.25) is 0 Å². The molecular formula is C3H4Cl3O2S. The van der Waals surface area contributed by atoms with E-state index in [1.54, 1.807) is 0 Å². The smallest absolute Gasteiger partial charge is 0.224 e. The Labute approximate surface area is 69.0 Å². The van der Waals surface area contributed by atoms with Crippen LogP contribution in [-0.2, 0) is 9.84 Å². The van der Waals surface area contributed by atoms with E-state index >= 15 is 0 Å². The summed E-state index contributed by atoms with van der Waals surface area (Å²) in [4.78, 5) is 0.